The highest BCUT2D eigenvalue weighted by Gasteiger charge is 2.53. The molecule has 0 radical (unpaired) electrons. The van der Waals surface area contributed by atoms with Crippen LogP contribution in [0.25, 0.3) is 0 Å². The molecule has 1 aromatic heterocycles. The van der Waals surface area contributed by atoms with E-state index in [9.17, 15) is 5.11 Å². The van der Waals surface area contributed by atoms with Crippen molar-refractivity contribution in [2.24, 2.45) is 0 Å². The van der Waals surface area contributed by atoms with Crippen LogP contribution < -0.4 is 0 Å². The molecule has 0 unspecified atom stereocenters. The van der Waals surface area contributed by atoms with E-state index >= 15 is 0 Å². The van der Waals surface area contributed by atoms with Crippen LogP contribution in [0.1, 0.15) is 52.4 Å². The van der Waals surface area contributed by atoms with Crippen LogP contribution in [0.15, 0.2) is 60.1 Å². The van der Waals surface area contributed by atoms with Crippen molar-refractivity contribution < 1.29 is 5.11 Å². The lowest BCUT2D eigenvalue weighted by atomic mass is 9.74. The Kier molecular flexibility index (Phi) is 3.62. The molecule has 1 N–H and O–H groups in total. The third kappa shape index (κ3) is 2.25. The topological polar surface area (TPSA) is 36.4 Å². The van der Waals surface area contributed by atoms with Crippen molar-refractivity contribution >= 4 is 11.3 Å². The van der Waals surface area contributed by atoms with Crippen molar-refractivity contribution in [3.8, 4) is 0 Å². The second-order valence-corrected chi connectivity index (χ2v) is 9.55. The SMILES string of the molecule is OC1(c2nccs2)CCN(CC23CC(c4ccccc42)c2ccccc23)CC1. The van der Waals surface area contributed by atoms with Gasteiger partial charge in [0.2, 0.25) is 0 Å². The summed E-state index contributed by atoms with van der Waals surface area (Å²) in [6.45, 7) is 2.89. The summed E-state index contributed by atoms with van der Waals surface area (Å²) in [6.07, 6.45) is 4.53. The first-order valence-electron chi connectivity index (χ1n) is 10.2. The normalized spacial score (nSPS) is 27.5. The number of aliphatic hydroxyl groups is 1. The molecule has 4 heteroatoms. The lowest BCUT2D eigenvalue weighted by molar-refractivity contribution is -0.0290. The minimum absolute atomic E-state index is 0.106. The molecule has 0 atom stereocenters. The summed E-state index contributed by atoms with van der Waals surface area (Å²) in [4.78, 5) is 6.96. The predicted molar refractivity (Wildman–Crippen MR) is 112 cm³/mol. The van der Waals surface area contributed by atoms with Crippen molar-refractivity contribution in [1.82, 2.24) is 9.88 Å². The van der Waals surface area contributed by atoms with Gasteiger partial charge in [-0.15, -0.1) is 11.3 Å². The molecule has 1 fully saturated rings. The molecule has 1 aliphatic heterocycles. The van der Waals surface area contributed by atoms with Crippen LogP contribution in [0.2, 0.25) is 0 Å². The van der Waals surface area contributed by atoms with Crippen molar-refractivity contribution in [2.45, 2.75) is 36.2 Å². The molecule has 2 bridgehead atoms. The zero-order valence-corrected chi connectivity index (χ0v) is 16.7. The first-order chi connectivity index (χ1) is 13.7. The molecular formula is C24H24N2OS. The molecule has 1 saturated heterocycles. The number of likely N-dealkylation sites (tertiary alicyclic amines) is 1. The third-order valence-electron chi connectivity index (χ3n) is 7.26. The van der Waals surface area contributed by atoms with Gasteiger partial charge < -0.3 is 10.0 Å². The summed E-state index contributed by atoms with van der Waals surface area (Å²) < 4.78 is 0. The number of hydrogen-bond acceptors (Lipinski definition) is 4. The fourth-order valence-corrected chi connectivity index (χ4v) is 6.73. The van der Waals surface area contributed by atoms with Crippen LogP contribution in [0.3, 0.4) is 0 Å². The number of thiazole rings is 1. The summed E-state index contributed by atoms with van der Waals surface area (Å²) >= 11 is 1.57. The van der Waals surface area contributed by atoms with Crippen molar-refractivity contribution in [1.29, 1.82) is 0 Å². The monoisotopic (exact) mass is 388 g/mol. The van der Waals surface area contributed by atoms with E-state index < -0.39 is 5.60 Å². The molecule has 6 rings (SSSR count). The standard InChI is InChI=1S/C24H24N2OS/c27-24(22-25-11-14-28-22)9-12-26(13-10-24)16-23-15-19(17-5-1-3-7-20(17)23)18-6-2-4-8-21(18)23/h1-8,11,14,19,27H,9-10,12-13,15-16H2. The molecule has 142 valence electrons. The zero-order valence-electron chi connectivity index (χ0n) is 15.8. The largest absolute Gasteiger partial charge is 0.383 e. The van der Waals surface area contributed by atoms with Gasteiger partial charge in [0, 0.05) is 42.5 Å². The summed E-state index contributed by atoms with van der Waals surface area (Å²) in [6, 6.07) is 18.1. The number of benzene rings is 2. The van der Waals surface area contributed by atoms with Gasteiger partial charge in [-0.3, -0.25) is 0 Å². The number of fused-ring (bicyclic) bond motifs is 8. The van der Waals surface area contributed by atoms with Gasteiger partial charge in [-0.05, 0) is 41.5 Å². The number of aromatic nitrogens is 1. The van der Waals surface area contributed by atoms with E-state index in [0.717, 1.165) is 37.5 Å². The Hall–Kier alpha value is -2.01. The van der Waals surface area contributed by atoms with Gasteiger partial charge in [0.1, 0.15) is 10.6 Å². The first kappa shape index (κ1) is 16.9. The maximum absolute atomic E-state index is 11.1. The van der Waals surface area contributed by atoms with Crippen LogP contribution in [0, 0.1) is 0 Å². The smallest absolute Gasteiger partial charge is 0.124 e. The van der Waals surface area contributed by atoms with Gasteiger partial charge in [0.05, 0.1) is 0 Å². The van der Waals surface area contributed by atoms with Crippen molar-refractivity contribution in [3.63, 3.8) is 0 Å². The molecule has 3 nitrogen and oxygen atoms in total. The van der Waals surface area contributed by atoms with Gasteiger partial charge in [-0.1, -0.05) is 48.5 Å². The highest BCUT2D eigenvalue weighted by Crippen LogP contribution is 2.60. The number of piperidine rings is 1. The lowest BCUT2D eigenvalue weighted by Gasteiger charge is -2.42. The third-order valence-corrected chi connectivity index (χ3v) is 8.23. The highest BCUT2D eigenvalue weighted by molar-refractivity contribution is 7.09. The quantitative estimate of drug-likeness (QED) is 0.728. The van der Waals surface area contributed by atoms with E-state index in [1.54, 1.807) is 17.5 Å². The fraction of sp³-hybridized carbons (Fsp3) is 0.375. The Balaban J connectivity index is 1.31. The Bertz CT molecular complexity index is 973. The maximum Gasteiger partial charge on any atom is 0.124 e. The van der Waals surface area contributed by atoms with E-state index in [4.69, 9.17) is 0 Å². The molecule has 2 heterocycles. The number of hydrogen-bond donors (Lipinski definition) is 1. The van der Waals surface area contributed by atoms with Crippen LogP contribution in [0.5, 0.6) is 0 Å². The van der Waals surface area contributed by atoms with Crippen LogP contribution in [-0.4, -0.2) is 34.6 Å². The second kappa shape index (κ2) is 5.99. The van der Waals surface area contributed by atoms with Gasteiger partial charge in [0.15, 0.2) is 0 Å². The van der Waals surface area contributed by atoms with Gasteiger partial charge >= 0.3 is 0 Å². The zero-order chi connectivity index (χ0) is 18.8. The Labute approximate surface area is 169 Å². The first-order valence-corrected chi connectivity index (χ1v) is 11.1. The minimum Gasteiger partial charge on any atom is -0.383 e. The van der Waals surface area contributed by atoms with E-state index in [-0.39, 0.29) is 5.41 Å². The Morgan fingerprint density at radius 1 is 1.00 bits per heavy atom. The fourth-order valence-electron chi connectivity index (χ4n) is 5.94. The average Bonchev–Trinajstić information content (AvgIpc) is 3.45. The van der Waals surface area contributed by atoms with Crippen LogP contribution in [0.4, 0.5) is 0 Å². The average molecular weight is 389 g/mol. The number of nitrogens with zero attached hydrogens (tertiary/aromatic N) is 2. The molecule has 0 amide bonds. The molecule has 3 aliphatic rings. The predicted octanol–water partition coefficient (Wildman–Crippen LogP) is 4.26. The molecule has 2 aliphatic carbocycles. The Morgan fingerprint density at radius 2 is 1.64 bits per heavy atom. The molecular weight excluding hydrogens is 364 g/mol. The highest BCUT2D eigenvalue weighted by atomic mass is 32.1. The summed E-state index contributed by atoms with van der Waals surface area (Å²) in [5, 5.41) is 13.9. The summed E-state index contributed by atoms with van der Waals surface area (Å²) in [5.41, 5.74) is 5.47. The molecule has 28 heavy (non-hydrogen) atoms. The molecule has 0 saturated carbocycles. The molecule has 3 aromatic rings. The van der Waals surface area contributed by atoms with E-state index in [2.05, 4.69) is 58.4 Å². The van der Waals surface area contributed by atoms with E-state index in [0.29, 0.717) is 5.92 Å². The summed E-state index contributed by atoms with van der Waals surface area (Å²) in [5.74, 6) is 0.546. The van der Waals surface area contributed by atoms with Gasteiger partial charge in [0.25, 0.3) is 0 Å². The second-order valence-electron chi connectivity index (χ2n) is 8.66. The van der Waals surface area contributed by atoms with Crippen LogP contribution >= 0.6 is 11.3 Å². The van der Waals surface area contributed by atoms with Crippen molar-refractivity contribution in [3.05, 3.63) is 87.4 Å². The maximum atomic E-state index is 11.1. The van der Waals surface area contributed by atoms with Crippen LogP contribution in [-0.2, 0) is 11.0 Å². The van der Waals surface area contributed by atoms with E-state index in [1.807, 2.05) is 5.38 Å². The molecule has 2 aromatic carbocycles. The number of rotatable bonds is 3. The van der Waals surface area contributed by atoms with E-state index in [1.165, 1.54) is 28.7 Å². The Morgan fingerprint density at radius 3 is 2.25 bits per heavy atom. The van der Waals surface area contributed by atoms with Crippen molar-refractivity contribution in [2.75, 3.05) is 19.6 Å². The summed E-state index contributed by atoms with van der Waals surface area (Å²) in [7, 11) is 0. The lowest BCUT2D eigenvalue weighted by Crippen LogP contribution is -2.47. The van der Waals surface area contributed by atoms with Gasteiger partial charge in [-0.25, -0.2) is 4.98 Å². The van der Waals surface area contributed by atoms with Gasteiger partial charge in [-0.2, -0.15) is 0 Å². The molecule has 0 spiro atoms. The minimum atomic E-state index is -0.744.